The third-order valence-corrected chi connectivity index (χ3v) is 8.77. The molecule has 0 aliphatic heterocycles. The Morgan fingerprint density at radius 2 is 1.49 bits per heavy atom. The first-order chi connectivity index (χ1) is 22.6. The zero-order chi connectivity index (χ0) is 34.0. The molecule has 1 aromatic heterocycles. The summed E-state index contributed by atoms with van der Waals surface area (Å²) in [6.45, 7) is 9.30. The van der Waals surface area contributed by atoms with Gasteiger partial charge in [0, 0.05) is 25.4 Å². The largest absolute Gasteiger partial charge is 0.487 e. The minimum absolute atomic E-state index is 0.0232. The standard InChI is InChI=1S/C35H38F4N4O3S/c1-4-41(5-2)19-20-42(21-25-7-11-27(12-8-25)28-13-15-29(16-14-28)35(37,38)39)32(23-44)43-22-31(46-6-3)33(45)40-34(43)47-24-26-9-17-30(36)18-10-26/h7-18,22-23,32H,4-6,19-21,24H2,1-3H3. The van der Waals surface area contributed by atoms with Crippen LogP contribution < -0.4 is 10.3 Å². The van der Waals surface area contributed by atoms with E-state index in [4.69, 9.17) is 4.74 Å². The van der Waals surface area contributed by atoms with Crippen molar-refractivity contribution in [3.8, 4) is 16.9 Å². The molecule has 47 heavy (non-hydrogen) atoms. The van der Waals surface area contributed by atoms with Gasteiger partial charge in [-0.15, -0.1) is 0 Å². The van der Waals surface area contributed by atoms with Crippen LogP contribution in [0.15, 0.2) is 88.9 Å². The molecule has 0 fully saturated rings. The summed E-state index contributed by atoms with van der Waals surface area (Å²) >= 11 is 1.26. The van der Waals surface area contributed by atoms with Crippen LogP contribution in [0.1, 0.15) is 43.6 Å². The van der Waals surface area contributed by atoms with E-state index >= 15 is 0 Å². The number of carbonyl (C=O) groups is 1. The summed E-state index contributed by atoms with van der Waals surface area (Å²) in [5.74, 6) is 0.0547. The average molecular weight is 671 g/mol. The van der Waals surface area contributed by atoms with E-state index in [0.29, 0.717) is 36.1 Å². The number of alkyl halides is 3. The number of ether oxygens (including phenoxy) is 1. The number of rotatable bonds is 16. The maximum Gasteiger partial charge on any atom is 0.416 e. The van der Waals surface area contributed by atoms with Crippen LogP contribution in [-0.2, 0) is 23.3 Å². The van der Waals surface area contributed by atoms with Crippen molar-refractivity contribution in [2.24, 2.45) is 0 Å². The lowest BCUT2D eigenvalue weighted by molar-refractivity contribution is -0.137. The van der Waals surface area contributed by atoms with Crippen LogP contribution in [0.5, 0.6) is 5.75 Å². The van der Waals surface area contributed by atoms with Gasteiger partial charge in [0.25, 0.3) is 0 Å². The SMILES string of the molecule is CCOc1cn(C(C=O)N(CCN(CC)CC)Cc2ccc(-c3ccc(C(F)(F)F)cc3)cc2)c(SCc2ccc(F)cc2)nc1=O. The highest BCUT2D eigenvalue weighted by atomic mass is 32.2. The van der Waals surface area contributed by atoms with Crippen molar-refractivity contribution in [3.05, 3.63) is 112 Å². The maximum absolute atomic E-state index is 13.5. The Morgan fingerprint density at radius 3 is 2.04 bits per heavy atom. The van der Waals surface area contributed by atoms with Gasteiger partial charge in [0.2, 0.25) is 5.75 Å². The van der Waals surface area contributed by atoms with Gasteiger partial charge in [-0.3, -0.25) is 14.5 Å². The molecule has 7 nitrogen and oxygen atoms in total. The minimum atomic E-state index is -4.41. The third kappa shape index (κ3) is 9.75. The minimum Gasteiger partial charge on any atom is -0.487 e. The Hall–Kier alpha value is -4.00. The summed E-state index contributed by atoms with van der Waals surface area (Å²) in [4.78, 5) is 34.3. The second-order valence-corrected chi connectivity index (χ2v) is 11.7. The van der Waals surface area contributed by atoms with Gasteiger partial charge in [-0.1, -0.05) is 74.1 Å². The lowest BCUT2D eigenvalue weighted by Crippen LogP contribution is -2.40. The van der Waals surface area contributed by atoms with Crippen LogP contribution in [0, 0.1) is 5.82 Å². The maximum atomic E-state index is 13.5. The molecule has 0 aliphatic rings. The molecule has 4 rings (SSSR count). The van der Waals surface area contributed by atoms with Crippen molar-refractivity contribution in [1.29, 1.82) is 0 Å². The highest BCUT2D eigenvalue weighted by Crippen LogP contribution is 2.31. The fourth-order valence-electron chi connectivity index (χ4n) is 5.05. The quantitative estimate of drug-likeness (QED) is 0.0537. The molecule has 0 saturated heterocycles. The van der Waals surface area contributed by atoms with Crippen molar-refractivity contribution < 1.29 is 27.1 Å². The van der Waals surface area contributed by atoms with Gasteiger partial charge in [-0.2, -0.15) is 18.2 Å². The number of aromatic nitrogens is 2. The van der Waals surface area contributed by atoms with Gasteiger partial charge >= 0.3 is 11.7 Å². The van der Waals surface area contributed by atoms with Crippen molar-refractivity contribution in [3.63, 3.8) is 0 Å². The average Bonchev–Trinajstić information content (AvgIpc) is 3.06. The Morgan fingerprint density at radius 1 is 0.894 bits per heavy atom. The predicted octanol–water partition coefficient (Wildman–Crippen LogP) is 7.30. The van der Waals surface area contributed by atoms with Crippen LogP contribution in [0.4, 0.5) is 17.6 Å². The van der Waals surface area contributed by atoms with E-state index in [1.165, 1.54) is 42.2 Å². The highest BCUT2D eigenvalue weighted by Gasteiger charge is 2.30. The molecule has 0 bridgehead atoms. The van der Waals surface area contributed by atoms with Gasteiger partial charge in [0.15, 0.2) is 11.4 Å². The number of benzene rings is 3. The summed E-state index contributed by atoms with van der Waals surface area (Å²) in [5, 5.41) is 0.311. The van der Waals surface area contributed by atoms with E-state index in [2.05, 4.69) is 23.7 Å². The zero-order valence-electron chi connectivity index (χ0n) is 26.5. The highest BCUT2D eigenvalue weighted by molar-refractivity contribution is 7.98. The van der Waals surface area contributed by atoms with Crippen LogP contribution in [0.2, 0.25) is 0 Å². The first-order valence-electron chi connectivity index (χ1n) is 15.4. The van der Waals surface area contributed by atoms with Crippen molar-refractivity contribution in [2.75, 3.05) is 32.8 Å². The summed E-state index contributed by atoms with van der Waals surface area (Å²) < 4.78 is 59.8. The van der Waals surface area contributed by atoms with Crippen LogP contribution in [0.25, 0.3) is 11.1 Å². The fourth-order valence-corrected chi connectivity index (χ4v) is 5.99. The summed E-state index contributed by atoms with van der Waals surface area (Å²) in [7, 11) is 0. The van der Waals surface area contributed by atoms with E-state index in [0.717, 1.165) is 48.2 Å². The van der Waals surface area contributed by atoms with E-state index in [1.54, 1.807) is 23.6 Å². The first kappa shape index (κ1) is 35.8. The number of carbonyl (C=O) groups excluding carboxylic acids is 1. The molecule has 1 unspecified atom stereocenters. The molecule has 12 heteroatoms. The van der Waals surface area contributed by atoms with E-state index in [-0.39, 0.29) is 18.2 Å². The molecule has 4 aromatic rings. The molecule has 250 valence electrons. The van der Waals surface area contributed by atoms with Crippen LogP contribution in [0.3, 0.4) is 0 Å². The summed E-state index contributed by atoms with van der Waals surface area (Å²) in [5.41, 5.74) is 1.85. The van der Waals surface area contributed by atoms with Gasteiger partial charge in [-0.25, -0.2) is 4.39 Å². The topological polar surface area (TPSA) is 67.7 Å². The molecule has 0 spiro atoms. The monoisotopic (exact) mass is 670 g/mol. The molecule has 1 atom stereocenters. The zero-order valence-corrected chi connectivity index (χ0v) is 27.4. The number of hydrogen-bond acceptors (Lipinski definition) is 7. The molecule has 3 aromatic carbocycles. The fraction of sp³-hybridized carbons (Fsp3) is 0.343. The van der Waals surface area contributed by atoms with E-state index in [9.17, 15) is 27.2 Å². The number of nitrogens with zero attached hydrogens (tertiary/aromatic N) is 4. The summed E-state index contributed by atoms with van der Waals surface area (Å²) in [6, 6.07) is 18.5. The Bertz CT molecular complexity index is 1640. The van der Waals surface area contributed by atoms with Crippen molar-refractivity contribution in [2.45, 2.75) is 50.6 Å². The van der Waals surface area contributed by atoms with Gasteiger partial charge in [0.1, 0.15) is 12.0 Å². The molecule has 0 radical (unpaired) electrons. The van der Waals surface area contributed by atoms with E-state index in [1.807, 2.05) is 29.2 Å². The van der Waals surface area contributed by atoms with Gasteiger partial charge in [0.05, 0.1) is 18.4 Å². The van der Waals surface area contributed by atoms with Crippen LogP contribution >= 0.6 is 11.8 Å². The second-order valence-electron chi connectivity index (χ2n) is 10.8. The second kappa shape index (κ2) is 16.7. The number of aldehydes is 1. The predicted molar refractivity (Wildman–Crippen MR) is 176 cm³/mol. The lowest BCUT2D eigenvalue weighted by atomic mass is 10.0. The molecule has 1 heterocycles. The Kier molecular flexibility index (Phi) is 12.7. The molecule has 0 aliphatic carbocycles. The number of halogens is 4. The molecular formula is C35H38F4N4O3S. The smallest absolute Gasteiger partial charge is 0.416 e. The van der Waals surface area contributed by atoms with Gasteiger partial charge < -0.3 is 14.2 Å². The molecule has 0 N–H and O–H groups in total. The van der Waals surface area contributed by atoms with Crippen molar-refractivity contribution >= 4 is 18.0 Å². The molecule has 0 amide bonds. The van der Waals surface area contributed by atoms with Crippen molar-refractivity contribution in [1.82, 2.24) is 19.4 Å². The number of likely N-dealkylation sites (N-methyl/N-ethyl adjacent to an activating group) is 1. The summed E-state index contributed by atoms with van der Waals surface area (Å²) in [6.07, 6.45) is -2.94. The first-order valence-corrected chi connectivity index (χ1v) is 16.4. The molecular weight excluding hydrogens is 632 g/mol. The van der Waals surface area contributed by atoms with E-state index < -0.39 is 23.5 Å². The Balaban J connectivity index is 1.66. The number of thioether (sulfide) groups is 1. The van der Waals surface area contributed by atoms with Gasteiger partial charge in [-0.05, 0) is 66.5 Å². The third-order valence-electron chi connectivity index (χ3n) is 7.73. The lowest BCUT2D eigenvalue weighted by Gasteiger charge is -2.33. The van der Waals surface area contributed by atoms with Crippen LogP contribution in [-0.4, -0.2) is 58.4 Å². The normalized spacial score (nSPS) is 12.4. The molecule has 0 saturated carbocycles. The number of hydrogen-bond donors (Lipinski definition) is 0. The Labute approximate surface area is 276 Å².